The molecule has 1 unspecified atom stereocenters. The van der Waals surface area contributed by atoms with Crippen molar-refractivity contribution in [2.45, 2.75) is 32.5 Å². The van der Waals surface area contributed by atoms with Gasteiger partial charge in [-0.15, -0.1) is 0 Å². The van der Waals surface area contributed by atoms with Gasteiger partial charge in [0.05, 0.1) is 0 Å². The number of hydrogen-bond donors (Lipinski definition) is 1. The van der Waals surface area contributed by atoms with Gasteiger partial charge < -0.3 is 10.2 Å². The Hall–Kier alpha value is -1.27. The van der Waals surface area contributed by atoms with Gasteiger partial charge in [0.25, 0.3) is 0 Å². The van der Waals surface area contributed by atoms with Gasteiger partial charge in [-0.05, 0) is 5.92 Å². The summed E-state index contributed by atoms with van der Waals surface area (Å²) in [6, 6.07) is -0.868. The van der Waals surface area contributed by atoms with Crippen LogP contribution in [0, 0.1) is 5.92 Å². The number of alkyl halides is 3. The number of carbonyl (C=O) groups is 2. The lowest BCUT2D eigenvalue weighted by atomic mass is 10.0. The topological polar surface area (TPSA) is 49.4 Å². The third kappa shape index (κ3) is 3.90. The molecule has 0 aromatic rings. The molecule has 1 heterocycles. The number of hydrogen-bond acceptors (Lipinski definition) is 2. The van der Waals surface area contributed by atoms with E-state index in [2.05, 4.69) is 5.32 Å². The Morgan fingerprint density at radius 3 is 2.47 bits per heavy atom. The van der Waals surface area contributed by atoms with Crippen molar-refractivity contribution in [3.05, 3.63) is 0 Å². The van der Waals surface area contributed by atoms with Crippen molar-refractivity contribution in [1.82, 2.24) is 10.2 Å². The molecule has 7 heteroatoms. The first-order valence-electron chi connectivity index (χ1n) is 5.35. The van der Waals surface area contributed by atoms with Crippen LogP contribution in [-0.2, 0) is 9.59 Å². The van der Waals surface area contributed by atoms with Crippen molar-refractivity contribution in [2.75, 3.05) is 13.1 Å². The van der Waals surface area contributed by atoms with Crippen molar-refractivity contribution in [3.63, 3.8) is 0 Å². The number of carbonyl (C=O) groups excluding carboxylic acids is 2. The van der Waals surface area contributed by atoms with E-state index in [1.807, 2.05) is 0 Å². The SMILES string of the molecule is CC(C)C1NC(=O)CCN(CC(F)(F)F)C1=O. The molecule has 0 aromatic heterocycles. The molecule has 4 nitrogen and oxygen atoms in total. The van der Waals surface area contributed by atoms with Crippen LogP contribution < -0.4 is 5.32 Å². The van der Waals surface area contributed by atoms with Gasteiger partial charge in [-0.2, -0.15) is 13.2 Å². The first kappa shape index (κ1) is 13.8. The van der Waals surface area contributed by atoms with Crippen LogP contribution in [0.25, 0.3) is 0 Å². The number of halogens is 3. The second-order valence-electron chi connectivity index (χ2n) is 4.41. The highest BCUT2D eigenvalue weighted by molar-refractivity contribution is 5.90. The summed E-state index contributed by atoms with van der Waals surface area (Å²) in [6.45, 7) is 1.87. The Bertz CT molecular complexity index is 315. The van der Waals surface area contributed by atoms with Gasteiger partial charge in [0.15, 0.2) is 0 Å². The van der Waals surface area contributed by atoms with Gasteiger partial charge in [-0.25, -0.2) is 0 Å². The smallest absolute Gasteiger partial charge is 0.344 e. The molecule has 1 atom stereocenters. The minimum atomic E-state index is -4.44. The summed E-state index contributed by atoms with van der Waals surface area (Å²) < 4.78 is 36.8. The highest BCUT2D eigenvalue weighted by atomic mass is 19.4. The summed E-state index contributed by atoms with van der Waals surface area (Å²) in [4.78, 5) is 23.8. The zero-order valence-corrected chi connectivity index (χ0v) is 9.67. The fourth-order valence-corrected chi connectivity index (χ4v) is 1.68. The lowest BCUT2D eigenvalue weighted by Crippen LogP contribution is -2.49. The number of nitrogens with one attached hydrogen (secondary N) is 1. The monoisotopic (exact) mass is 252 g/mol. The summed E-state index contributed by atoms with van der Waals surface area (Å²) in [5, 5.41) is 2.45. The van der Waals surface area contributed by atoms with Crippen molar-refractivity contribution in [3.8, 4) is 0 Å². The molecule has 1 aliphatic rings. The molecule has 0 spiro atoms. The van der Waals surface area contributed by atoms with Gasteiger partial charge in [-0.1, -0.05) is 13.8 Å². The van der Waals surface area contributed by atoms with Crippen LogP contribution in [0.3, 0.4) is 0 Å². The van der Waals surface area contributed by atoms with Crippen LogP contribution in [0.2, 0.25) is 0 Å². The van der Waals surface area contributed by atoms with Gasteiger partial charge in [-0.3, -0.25) is 9.59 Å². The number of nitrogens with zero attached hydrogens (tertiary/aromatic N) is 1. The predicted octanol–water partition coefficient (Wildman–Crippen LogP) is 0.922. The van der Waals surface area contributed by atoms with Crippen molar-refractivity contribution in [1.29, 1.82) is 0 Å². The van der Waals surface area contributed by atoms with Gasteiger partial charge in [0.1, 0.15) is 12.6 Å². The highest BCUT2D eigenvalue weighted by Gasteiger charge is 2.38. The van der Waals surface area contributed by atoms with Gasteiger partial charge in [0, 0.05) is 13.0 Å². The molecule has 0 aromatic carbocycles. The number of rotatable bonds is 2. The lowest BCUT2D eigenvalue weighted by Gasteiger charge is -2.26. The molecule has 98 valence electrons. The van der Waals surface area contributed by atoms with Crippen LogP contribution in [-0.4, -0.2) is 42.0 Å². The summed E-state index contributed by atoms with van der Waals surface area (Å²) in [5.41, 5.74) is 0. The quantitative estimate of drug-likeness (QED) is 0.794. The standard InChI is InChI=1S/C10H15F3N2O2/c1-6(2)8-9(17)15(5-10(11,12)13)4-3-7(16)14-8/h6,8H,3-5H2,1-2H3,(H,14,16). The average molecular weight is 252 g/mol. The van der Waals surface area contributed by atoms with Crippen LogP contribution in [0.5, 0.6) is 0 Å². The minimum absolute atomic E-state index is 0.0922. The molecule has 1 N–H and O–H groups in total. The molecule has 2 amide bonds. The first-order chi connectivity index (χ1) is 7.70. The summed E-state index contributed by atoms with van der Waals surface area (Å²) in [7, 11) is 0. The predicted molar refractivity (Wildman–Crippen MR) is 54.0 cm³/mol. The molecule has 1 aliphatic heterocycles. The normalized spacial score (nSPS) is 22.7. The Morgan fingerprint density at radius 1 is 1.41 bits per heavy atom. The maximum absolute atomic E-state index is 12.3. The van der Waals surface area contributed by atoms with E-state index in [0.717, 1.165) is 0 Å². The second kappa shape index (κ2) is 4.93. The Morgan fingerprint density at radius 2 is 2.00 bits per heavy atom. The molecule has 17 heavy (non-hydrogen) atoms. The molecule has 0 saturated carbocycles. The van der Waals surface area contributed by atoms with Crippen LogP contribution >= 0.6 is 0 Å². The molecule has 0 bridgehead atoms. The average Bonchev–Trinajstić information content (AvgIpc) is 2.28. The summed E-state index contributed by atoms with van der Waals surface area (Å²) in [5.74, 6) is -1.29. The fourth-order valence-electron chi connectivity index (χ4n) is 1.68. The molecule has 0 aliphatic carbocycles. The van der Waals surface area contributed by atoms with E-state index in [-0.39, 0.29) is 24.8 Å². The van der Waals surface area contributed by atoms with Crippen molar-refractivity contribution in [2.24, 2.45) is 5.92 Å². The Labute approximate surface area is 97.1 Å². The second-order valence-corrected chi connectivity index (χ2v) is 4.41. The largest absolute Gasteiger partial charge is 0.406 e. The third-order valence-electron chi connectivity index (χ3n) is 2.54. The van der Waals surface area contributed by atoms with Crippen LogP contribution in [0.15, 0.2) is 0 Å². The van der Waals surface area contributed by atoms with E-state index >= 15 is 0 Å². The van der Waals surface area contributed by atoms with Gasteiger partial charge in [0.2, 0.25) is 11.8 Å². The van der Waals surface area contributed by atoms with E-state index < -0.39 is 24.7 Å². The van der Waals surface area contributed by atoms with E-state index in [4.69, 9.17) is 0 Å². The zero-order valence-electron chi connectivity index (χ0n) is 9.67. The zero-order chi connectivity index (χ0) is 13.2. The maximum atomic E-state index is 12.3. The molecule has 1 fully saturated rings. The Balaban J connectivity index is 2.84. The maximum Gasteiger partial charge on any atom is 0.406 e. The van der Waals surface area contributed by atoms with E-state index in [9.17, 15) is 22.8 Å². The molecular weight excluding hydrogens is 237 g/mol. The van der Waals surface area contributed by atoms with E-state index in [0.29, 0.717) is 4.90 Å². The van der Waals surface area contributed by atoms with Crippen molar-refractivity contribution >= 4 is 11.8 Å². The summed E-state index contributed by atoms with van der Waals surface area (Å²) in [6.07, 6.45) is -4.53. The molecule has 1 saturated heterocycles. The lowest BCUT2D eigenvalue weighted by molar-refractivity contribution is -0.162. The van der Waals surface area contributed by atoms with Crippen molar-refractivity contribution < 1.29 is 22.8 Å². The van der Waals surface area contributed by atoms with Crippen LogP contribution in [0.4, 0.5) is 13.2 Å². The van der Waals surface area contributed by atoms with E-state index in [1.165, 1.54) is 0 Å². The fraction of sp³-hybridized carbons (Fsp3) is 0.800. The minimum Gasteiger partial charge on any atom is -0.344 e. The third-order valence-corrected chi connectivity index (χ3v) is 2.54. The molecule has 1 rings (SSSR count). The number of amides is 2. The first-order valence-corrected chi connectivity index (χ1v) is 5.35. The Kier molecular flexibility index (Phi) is 4.00. The highest BCUT2D eigenvalue weighted by Crippen LogP contribution is 2.19. The van der Waals surface area contributed by atoms with E-state index in [1.54, 1.807) is 13.8 Å². The summed E-state index contributed by atoms with van der Waals surface area (Å²) >= 11 is 0. The van der Waals surface area contributed by atoms with Gasteiger partial charge >= 0.3 is 6.18 Å². The molecule has 0 radical (unpaired) electrons. The van der Waals surface area contributed by atoms with Crippen LogP contribution in [0.1, 0.15) is 20.3 Å². The molecular formula is C10H15F3N2O2.